The lowest BCUT2D eigenvalue weighted by Crippen LogP contribution is -2.15. The molecular formula is C15H12BrN5O2. The predicted octanol–water partition coefficient (Wildman–Crippen LogP) is 2.54. The first-order chi connectivity index (χ1) is 11.0. The molecule has 116 valence electrons. The average molecular weight is 374 g/mol. The number of benzene rings is 2. The third kappa shape index (κ3) is 3.21. The molecule has 2 aromatic carbocycles. The molecule has 7 nitrogen and oxygen atoms in total. The molecule has 0 unspecified atom stereocenters. The summed E-state index contributed by atoms with van der Waals surface area (Å²) in [6.07, 6.45) is 1.48. The Labute approximate surface area is 139 Å². The standard InChI is InChI=1S/C15H12BrN5O2/c1-8-14(18-15(23)21-19-8)20-17-7-12-11-4-3-10(16)6-9(11)2-5-13(12)22/h2-7,22H,1H3,(H2,18,20,21,23)/b17-7+. The van der Waals surface area contributed by atoms with Gasteiger partial charge < -0.3 is 5.11 Å². The summed E-state index contributed by atoms with van der Waals surface area (Å²) < 4.78 is 0.950. The molecule has 3 N–H and O–H groups in total. The van der Waals surface area contributed by atoms with Gasteiger partial charge in [0.2, 0.25) is 0 Å². The number of hydrazone groups is 1. The number of hydrogen-bond donors (Lipinski definition) is 3. The molecule has 8 heteroatoms. The van der Waals surface area contributed by atoms with Crippen molar-refractivity contribution in [2.24, 2.45) is 5.10 Å². The van der Waals surface area contributed by atoms with Gasteiger partial charge in [0.05, 0.1) is 6.21 Å². The van der Waals surface area contributed by atoms with Crippen LogP contribution >= 0.6 is 15.9 Å². The number of phenolic OH excluding ortho intramolecular Hbond substituents is 1. The van der Waals surface area contributed by atoms with Gasteiger partial charge in [0.25, 0.3) is 0 Å². The number of anilines is 1. The van der Waals surface area contributed by atoms with Crippen molar-refractivity contribution >= 4 is 38.7 Å². The maximum Gasteiger partial charge on any atom is 0.363 e. The van der Waals surface area contributed by atoms with E-state index in [1.165, 1.54) is 6.21 Å². The molecular weight excluding hydrogens is 362 g/mol. The zero-order chi connectivity index (χ0) is 16.4. The molecule has 0 saturated heterocycles. The van der Waals surface area contributed by atoms with E-state index < -0.39 is 5.69 Å². The Morgan fingerprint density at radius 3 is 3.00 bits per heavy atom. The van der Waals surface area contributed by atoms with Gasteiger partial charge in [-0.1, -0.05) is 28.1 Å². The molecule has 0 amide bonds. The quantitative estimate of drug-likeness (QED) is 0.483. The number of phenols is 1. The first kappa shape index (κ1) is 15.2. The van der Waals surface area contributed by atoms with Crippen LogP contribution in [-0.4, -0.2) is 26.5 Å². The third-order valence-electron chi connectivity index (χ3n) is 3.24. The summed E-state index contributed by atoms with van der Waals surface area (Å²) in [5, 5.41) is 21.9. The smallest absolute Gasteiger partial charge is 0.363 e. The molecule has 0 saturated carbocycles. The number of halogens is 1. The summed E-state index contributed by atoms with van der Waals surface area (Å²) in [7, 11) is 0. The lowest BCUT2D eigenvalue weighted by molar-refractivity contribution is 0.475. The van der Waals surface area contributed by atoms with Crippen LogP contribution in [-0.2, 0) is 0 Å². The Kier molecular flexibility index (Phi) is 4.07. The second-order valence-electron chi connectivity index (χ2n) is 4.81. The van der Waals surface area contributed by atoms with Crippen LogP contribution in [0.25, 0.3) is 10.8 Å². The number of hydrogen-bond acceptors (Lipinski definition) is 6. The summed E-state index contributed by atoms with van der Waals surface area (Å²) in [6.45, 7) is 1.69. The molecule has 0 aliphatic carbocycles. The normalized spacial score (nSPS) is 11.2. The van der Waals surface area contributed by atoms with Gasteiger partial charge in [-0.25, -0.2) is 9.89 Å². The van der Waals surface area contributed by atoms with E-state index in [4.69, 9.17) is 0 Å². The van der Waals surface area contributed by atoms with Crippen molar-refractivity contribution in [1.29, 1.82) is 0 Å². The molecule has 3 aromatic rings. The molecule has 0 aliphatic heterocycles. The monoisotopic (exact) mass is 373 g/mol. The number of nitrogens with one attached hydrogen (secondary N) is 2. The van der Waals surface area contributed by atoms with Crippen molar-refractivity contribution in [3.63, 3.8) is 0 Å². The SMILES string of the molecule is Cc1n[nH]c(=O)nc1N/N=C/c1c(O)ccc2cc(Br)ccc12. The first-order valence-electron chi connectivity index (χ1n) is 6.68. The topological polar surface area (TPSA) is 103 Å². The predicted molar refractivity (Wildman–Crippen MR) is 91.9 cm³/mol. The van der Waals surface area contributed by atoms with Gasteiger partial charge in [0.15, 0.2) is 5.82 Å². The van der Waals surface area contributed by atoms with Gasteiger partial charge in [0.1, 0.15) is 11.4 Å². The van der Waals surface area contributed by atoms with Crippen LogP contribution in [0, 0.1) is 6.92 Å². The van der Waals surface area contributed by atoms with Crippen LogP contribution < -0.4 is 11.1 Å². The fraction of sp³-hybridized carbons (Fsp3) is 0.0667. The fourth-order valence-corrected chi connectivity index (χ4v) is 2.48. The highest BCUT2D eigenvalue weighted by atomic mass is 79.9. The van der Waals surface area contributed by atoms with Crippen molar-refractivity contribution in [2.75, 3.05) is 5.43 Å². The molecule has 23 heavy (non-hydrogen) atoms. The summed E-state index contributed by atoms with van der Waals surface area (Å²) in [5.74, 6) is 0.367. The summed E-state index contributed by atoms with van der Waals surface area (Å²) in [5.41, 5.74) is 3.17. The van der Waals surface area contributed by atoms with Gasteiger partial charge in [-0.05, 0) is 35.9 Å². The second-order valence-corrected chi connectivity index (χ2v) is 5.72. The van der Waals surface area contributed by atoms with E-state index >= 15 is 0 Å². The van der Waals surface area contributed by atoms with Gasteiger partial charge in [-0.3, -0.25) is 5.43 Å². The van der Waals surface area contributed by atoms with Crippen molar-refractivity contribution in [2.45, 2.75) is 6.92 Å². The Morgan fingerprint density at radius 2 is 2.17 bits per heavy atom. The van der Waals surface area contributed by atoms with Gasteiger partial charge in [0, 0.05) is 10.0 Å². The molecule has 1 aromatic heterocycles. The number of H-pyrrole nitrogens is 1. The van der Waals surface area contributed by atoms with Crippen LogP contribution in [0.15, 0.2) is 44.7 Å². The van der Waals surface area contributed by atoms with Gasteiger partial charge >= 0.3 is 5.69 Å². The second kappa shape index (κ2) is 6.17. The molecule has 3 rings (SSSR count). The maximum absolute atomic E-state index is 11.2. The minimum atomic E-state index is -0.564. The van der Waals surface area contributed by atoms with Crippen LogP contribution in [0.3, 0.4) is 0 Å². The van der Waals surface area contributed by atoms with Crippen LogP contribution in [0.5, 0.6) is 5.75 Å². The van der Waals surface area contributed by atoms with E-state index in [1.54, 1.807) is 13.0 Å². The van der Waals surface area contributed by atoms with Crippen LogP contribution in [0.4, 0.5) is 5.82 Å². The third-order valence-corrected chi connectivity index (χ3v) is 3.73. The highest BCUT2D eigenvalue weighted by Crippen LogP contribution is 2.28. The molecule has 1 heterocycles. The minimum Gasteiger partial charge on any atom is -0.507 e. The highest BCUT2D eigenvalue weighted by molar-refractivity contribution is 9.10. The summed E-state index contributed by atoms with van der Waals surface area (Å²) in [4.78, 5) is 14.9. The number of nitrogens with zero attached hydrogens (tertiary/aromatic N) is 3. The molecule has 0 aliphatic rings. The van der Waals surface area contributed by atoms with Gasteiger partial charge in [-0.2, -0.15) is 15.2 Å². The lowest BCUT2D eigenvalue weighted by atomic mass is 10.0. The number of aromatic amines is 1. The number of aromatic hydroxyl groups is 1. The Balaban J connectivity index is 1.96. The highest BCUT2D eigenvalue weighted by Gasteiger charge is 2.06. The number of rotatable bonds is 3. The Bertz CT molecular complexity index is 968. The fourth-order valence-electron chi connectivity index (χ4n) is 2.10. The largest absolute Gasteiger partial charge is 0.507 e. The van der Waals surface area contributed by atoms with Crippen molar-refractivity contribution in [3.8, 4) is 5.75 Å². The molecule has 0 fully saturated rings. The molecule has 0 spiro atoms. The zero-order valence-corrected chi connectivity index (χ0v) is 13.6. The lowest BCUT2D eigenvalue weighted by Gasteiger charge is -2.06. The van der Waals surface area contributed by atoms with Crippen molar-refractivity contribution in [1.82, 2.24) is 15.2 Å². The van der Waals surface area contributed by atoms with E-state index in [1.807, 2.05) is 24.3 Å². The Hall–Kier alpha value is -2.74. The van der Waals surface area contributed by atoms with Crippen LogP contribution in [0.2, 0.25) is 0 Å². The first-order valence-corrected chi connectivity index (χ1v) is 7.47. The van der Waals surface area contributed by atoms with Crippen LogP contribution in [0.1, 0.15) is 11.3 Å². The maximum atomic E-state index is 11.2. The average Bonchev–Trinajstić information content (AvgIpc) is 2.53. The number of aryl methyl sites for hydroxylation is 1. The Morgan fingerprint density at radius 1 is 1.35 bits per heavy atom. The van der Waals surface area contributed by atoms with E-state index in [9.17, 15) is 9.90 Å². The number of fused-ring (bicyclic) bond motifs is 1. The van der Waals surface area contributed by atoms with E-state index in [2.05, 4.69) is 41.6 Å². The molecule has 0 bridgehead atoms. The van der Waals surface area contributed by atoms with Crippen molar-refractivity contribution in [3.05, 3.63) is 56.5 Å². The van der Waals surface area contributed by atoms with E-state index in [0.717, 1.165) is 15.2 Å². The van der Waals surface area contributed by atoms with E-state index in [-0.39, 0.29) is 11.6 Å². The molecule has 0 radical (unpaired) electrons. The van der Waals surface area contributed by atoms with E-state index in [0.29, 0.717) is 11.3 Å². The summed E-state index contributed by atoms with van der Waals surface area (Å²) in [6, 6.07) is 9.16. The minimum absolute atomic E-state index is 0.110. The number of aromatic nitrogens is 3. The van der Waals surface area contributed by atoms with Gasteiger partial charge in [-0.15, -0.1) is 0 Å². The molecule has 0 atom stereocenters. The van der Waals surface area contributed by atoms with Crippen molar-refractivity contribution < 1.29 is 5.11 Å². The summed E-state index contributed by atoms with van der Waals surface area (Å²) >= 11 is 3.42. The zero-order valence-electron chi connectivity index (χ0n) is 12.0.